The molecule has 0 aliphatic heterocycles. The van der Waals surface area contributed by atoms with Crippen LogP contribution in [-0.2, 0) is 10.1 Å². The molecule has 0 saturated carbocycles. The molecule has 1 heterocycles. The zero-order chi connectivity index (χ0) is 18.7. The van der Waals surface area contributed by atoms with Gasteiger partial charge in [0, 0.05) is 10.2 Å². The zero-order valence-electron chi connectivity index (χ0n) is 13.0. The lowest BCUT2D eigenvalue weighted by atomic mass is 10.3. The van der Waals surface area contributed by atoms with Crippen molar-refractivity contribution in [2.45, 2.75) is 4.90 Å². The molecule has 0 saturated heterocycles. The summed E-state index contributed by atoms with van der Waals surface area (Å²) >= 11 is 9.18. The summed E-state index contributed by atoms with van der Waals surface area (Å²) < 4.78 is 35.4. The second-order valence-corrected chi connectivity index (χ2v) is 7.91. The van der Waals surface area contributed by atoms with E-state index in [-0.39, 0.29) is 21.4 Å². The average molecular weight is 457 g/mol. The van der Waals surface area contributed by atoms with Crippen molar-refractivity contribution in [3.8, 4) is 5.75 Å². The molecule has 1 N–H and O–H groups in total. The van der Waals surface area contributed by atoms with Crippen LogP contribution in [0.25, 0.3) is 0 Å². The van der Waals surface area contributed by atoms with Crippen molar-refractivity contribution in [1.82, 2.24) is 0 Å². The summed E-state index contributed by atoms with van der Waals surface area (Å²) in [6.45, 7) is 0. The molecule has 0 aliphatic carbocycles. The number of amides is 1. The Bertz CT molecular complexity index is 1030. The van der Waals surface area contributed by atoms with Crippen LogP contribution >= 0.6 is 27.5 Å². The lowest BCUT2D eigenvalue weighted by Gasteiger charge is -2.09. The topological polar surface area (TPSA) is 85.6 Å². The van der Waals surface area contributed by atoms with Crippen molar-refractivity contribution in [3.05, 3.63) is 76.1 Å². The molecule has 6 nitrogen and oxygen atoms in total. The largest absolute Gasteiger partial charge is 0.459 e. The van der Waals surface area contributed by atoms with E-state index >= 15 is 0 Å². The van der Waals surface area contributed by atoms with E-state index in [2.05, 4.69) is 21.2 Å². The molecule has 3 rings (SSSR count). The van der Waals surface area contributed by atoms with Crippen molar-refractivity contribution >= 4 is 49.2 Å². The molecular formula is C17H11BrClNO5S. The van der Waals surface area contributed by atoms with E-state index in [4.69, 9.17) is 20.2 Å². The summed E-state index contributed by atoms with van der Waals surface area (Å²) in [7, 11) is -4.09. The molecule has 0 unspecified atom stereocenters. The molecule has 0 atom stereocenters. The first-order valence-corrected chi connectivity index (χ1v) is 9.77. The van der Waals surface area contributed by atoms with Gasteiger partial charge in [0.2, 0.25) is 0 Å². The van der Waals surface area contributed by atoms with Gasteiger partial charge in [-0.1, -0.05) is 27.5 Å². The maximum absolute atomic E-state index is 12.3. The van der Waals surface area contributed by atoms with Gasteiger partial charge < -0.3 is 13.9 Å². The van der Waals surface area contributed by atoms with Crippen molar-refractivity contribution < 1.29 is 21.8 Å². The summed E-state index contributed by atoms with van der Waals surface area (Å²) in [6.07, 6.45) is 1.39. The van der Waals surface area contributed by atoms with Crippen molar-refractivity contribution in [1.29, 1.82) is 0 Å². The van der Waals surface area contributed by atoms with Gasteiger partial charge in [-0.05, 0) is 54.6 Å². The third-order valence-corrected chi connectivity index (χ3v) is 5.45. The molecule has 1 aromatic heterocycles. The highest BCUT2D eigenvalue weighted by atomic mass is 79.9. The summed E-state index contributed by atoms with van der Waals surface area (Å²) in [5.41, 5.74) is 0.456. The molecule has 9 heteroatoms. The lowest BCUT2D eigenvalue weighted by molar-refractivity contribution is 0.0996. The van der Waals surface area contributed by atoms with Crippen LogP contribution in [0.15, 0.2) is 74.6 Å². The minimum Gasteiger partial charge on any atom is -0.459 e. The van der Waals surface area contributed by atoms with Gasteiger partial charge in [0.05, 0.1) is 11.3 Å². The Labute approximate surface area is 163 Å². The number of anilines is 1. The predicted molar refractivity (Wildman–Crippen MR) is 100 cm³/mol. The Kier molecular flexibility index (Phi) is 5.36. The molecule has 0 radical (unpaired) electrons. The number of furan rings is 1. The highest BCUT2D eigenvalue weighted by Gasteiger charge is 2.20. The van der Waals surface area contributed by atoms with Gasteiger partial charge in [-0.15, -0.1) is 0 Å². The quantitative estimate of drug-likeness (QED) is 0.562. The van der Waals surface area contributed by atoms with Gasteiger partial charge in [0.15, 0.2) is 5.76 Å². The predicted octanol–water partition coefficient (Wildman–Crippen LogP) is 4.72. The Morgan fingerprint density at radius 3 is 2.46 bits per heavy atom. The Morgan fingerprint density at radius 1 is 1.12 bits per heavy atom. The molecule has 0 spiro atoms. The molecule has 0 bridgehead atoms. The molecule has 0 fully saturated rings. The number of benzene rings is 2. The third-order valence-electron chi connectivity index (χ3n) is 3.23. The van der Waals surface area contributed by atoms with E-state index in [0.717, 1.165) is 0 Å². The summed E-state index contributed by atoms with van der Waals surface area (Å²) in [6, 6.07) is 13.3. The first-order chi connectivity index (χ1) is 12.3. The van der Waals surface area contributed by atoms with Crippen LogP contribution in [0.3, 0.4) is 0 Å². The normalized spacial score (nSPS) is 11.2. The second kappa shape index (κ2) is 7.53. The van der Waals surface area contributed by atoms with E-state index in [0.29, 0.717) is 10.2 Å². The van der Waals surface area contributed by atoms with Crippen molar-refractivity contribution in [2.75, 3.05) is 5.32 Å². The van der Waals surface area contributed by atoms with Gasteiger partial charge >= 0.3 is 10.1 Å². The van der Waals surface area contributed by atoms with Crippen molar-refractivity contribution in [3.63, 3.8) is 0 Å². The first-order valence-electron chi connectivity index (χ1n) is 7.19. The van der Waals surface area contributed by atoms with E-state index in [9.17, 15) is 13.2 Å². The maximum Gasteiger partial charge on any atom is 0.340 e. The van der Waals surface area contributed by atoms with Crippen molar-refractivity contribution in [2.24, 2.45) is 0 Å². The van der Waals surface area contributed by atoms with Crippen LogP contribution in [0.2, 0.25) is 5.02 Å². The van der Waals surface area contributed by atoms with Crippen LogP contribution in [0.1, 0.15) is 10.6 Å². The van der Waals surface area contributed by atoms with Crippen LogP contribution in [-0.4, -0.2) is 14.3 Å². The standard InChI is InChI=1S/C17H11BrClNO5S/c18-11-3-8-16(14(19)10-11)26(22,23)25-13-6-4-12(5-7-13)20-17(21)15-2-1-9-24-15/h1-10H,(H,20,21). The molecule has 3 aromatic rings. The number of carbonyl (C=O) groups excluding carboxylic acids is 1. The van der Waals surface area contributed by atoms with Crippen LogP contribution in [0.4, 0.5) is 5.69 Å². The van der Waals surface area contributed by atoms with Gasteiger partial charge in [0.1, 0.15) is 10.6 Å². The molecule has 1 amide bonds. The van der Waals surface area contributed by atoms with Gasteiger partial charge in [-0.25, -0.2) is 0 Å². The number of hydrogen-bond donors (Lipinski definition) is 1. The maximum atomic E-state index is 12.3. The molecule has 134 valence electrons. The average Bonchev–Trinajstić information content (AvgIpc) is 3.10. The van der Waals surface area contributed by atoms with Gasteiger partial charge in [-0.3, -0.25) is 4.79 Å². The van der Waals surface area contributed by atoms with Gasteiger partial charge in [0.25, 0.3) is 5.91 Å². The highest BCUT2D eigenvalue weighted by molar-refractivity contribution is 9.10. The Morgan fingerprint density at radius 2 is 1.85 bits per heavy atom. The van der Waals surface area contributed by atoms with Crippen LogP contribution in [0, 0.1) is 0 Å². The third kappa shape index (κ3) is 4.27. The lowest BCUT2D eigenvalue weighted by Crippen LogP contribution is -2.12. The minimum absolute atomic E-state index is 0.0432. The Hall–Kier alpha value is -2.29. The number of hydrogen-bond acceptors (Lipinski definition) is 5. The molecular weight excluding hydrogens is 446 g/mol. The molecule has 26 heavy (non-hydrogen) atoms. The minimum atomic E-state index is -4.09. The smallest absolute Gasteiger partial charge is 0.340 e. The number of carbonyl (C=O) groups is 1. The molecule has 0 aliphatic rings. The summed E-state index contributed by atoms with van der Waals surface area (Å²) in [5.74, 6) is -0.171. The second-order valence-electron chi connectivity index (χ2n) is 5.07. The van der Waals surface area contributed by atoms with E-state index in [1.54, 1.807) is 12.1 Å². The fraction of sp³-hybridized carbons (Fsp3) is 0. The SMILES string of the molecule is O=C(Nc1ccc(OS(=O)(=O)c2ccc(Br)cc2Cl)cc1)c1ccco1. The number of nitrogens with one attached hydrogen (secondary N) is 1. The van der Waals surface area contributed by atoms with E-state index < -0.39 is 16.0 Å². The van der Waals surface area contributed by atoms with Crippen LogP contribution in [0.5, 0.6) is 5.75 Å². The first kappa shape index (κ1) is 18.5. The van der Waals surface area contributed by atoms with Gasteiger partial charge in [-0.2, -0.15) is 8.42 Å². The summed E-state index contributed by atoms with van der Waals surface area (Å²) in [4.78, 5) is 11.7. The number of halogens is 2. The fourth-order valence-electron chi connectivity index (χ4n) is 2.04. The Balaban J connectivity index is 1.73. The number of rotatable bonds is 5. The monoisotopic (exact) mass is 455 g/mol. The van der Waals surface area contributed by atoms with Crippen LogP contribution < -0.4 is 9.50 Å². The fourth-order valence-corrected chi connectivity index (χ4v) is 3.99. The van der Waals surface area contributed by atoms with E-state index in [1.807, 2.05) is 0 Å². The summed E-state index contributed by atoms with van der Waals surface area (Å²) in [5, 5.41) is 2.66. The van der Waals surface area contributed by atoms with E-state index in [1.165, 1.54) is 48.7 Å². The molecule has 2 aromatic carbocycles. The highest BCUT2D eigenvalue weighted by Crippen LogP contribution is 2.28. The zero-order valence-corrected chi connectivity index (χ0v) is 16.1.